The van der Waals surface area contributed by atoms with Crippen molar-refractivity contribution in [2.24, 2.45) is 11.8 Å². The first-order valence-corrected chi connectivity index (χ1v) is 12.4. The summed E-state index contributed by atoms with van der Waals surface area (Å²) in [7, 11) is 0. The number of amides is 2. The lowest BCUT2D eigenvalue weighted by molar-refractivity contribution is -0.137. The van der Waals surface area contributed by atoms with Crippen LogP contribution in [0.2, 0.25) is 0 Å². The Kier molecular flexibility index (Phi) is 9.29. The molecule has 2 aromatic rings. The van der Waals surface area contributed by atoms with Gasteiger partial charge in [0.25, 0.3) is 0 Å². The molecule has 3 rings (SSSR count). The van der Waals surface area contributed by atoms with Gasteiger partial charge in [0.15, 0.2) is 0 Å². The third-order valence-electron chi connectivity index (χ3n) is 6.85. The van der Waals surface area contributed by atoms with E-state index in [0.717, 1.165) is 22.3 Å². The van der Waals surface area contributed by atoms with E-state index in [2.05, 4.69) is 48.7 Å². The number of rotatable bonds is 12. The highest BCUT2D eigenvalue weighted by molar-refractivity contribution is 5.85. The fourth-order valence-electron chi connectivity index (χ4n) is 4.76. The van der Waals surface area contributed by atoms with Gasteiger partial charge in [0.05, 0.1) is 0 Å². The average molecular weight is 481 g/mol. The minimum Gasteiger partial charge on any atom is -0.481 e. The number of benzene rings is 2. The maximum atomic E-state index is 12.6. The fraction of sp³-hybridized carbons (Fsp3) is 0.464. The molecule has 1 unspecified atom stereocenters. The summed E-state index contributed by atoms with van der Waals surface area (Å²) in [6, 6.07) is 15.6. The number of carboxylic acids is 1. The van der Waals surface area contributed by atoms with Crippen LogP contribution in [-0.2, 0) is 14.3 Å². The summed E-state index contributed by atoms with van der Waals surface area (Å²) in [4.78, 5) is 36.1. The van der Waals surface area contributed by atoms with Crippen LogP contribution in [-0.4, -0.2) is 42.3 Å². The van der Waals surface area contributed by atoms with Gasteiger partial charge in [-0.05, 0) is 53.4 Å². The van der Waals surface area contributed by atoms with Gasteiger partial charge in [-0.2, -0.15) is 0 Å². The number of carbonyl (C=O) groups excluding carboxylic acids is 2. The van der Waals surface area contributed by atoms with Gasteiger partial charge < -0.3 is 20.5 Å². The molecule has 0 heterocycles. The van der Waals surface area contributed by atoms with Crippen molar-refractivity contribution in [1.29, 1.82) is 0 Å². The summed E-state index contributed by atoms with van der Waals surface area (Å²) >= 11 is 0. The van der Waals surface area contributed by atoms with Crippen LogP contribution in [0.4, 0.5) is 4.79 Å². The van der Waals surface area contributed by atoms with E-state index < -0.39 is 18.1 Å². The lowest BCUT2D eigenvalue weighted by Gasteiger charge is -2.22. The molecule has 1 aliphatic rings. The Bertz CT molecular complexity index is 990. The molecule has 0 spiro atoms. The molecule has 3 N–H and O–H groups in total. The van der Waals surface area contributed by atoms with Crippen molar-refractivity contribution in [3.8, 4) is 11.1 Å². The molecule has 2 atom stereocenters. The van der Waals surface area contributed by atoms with Crippen LogP contribution in [0.15, 0.2) is 48.5 Å². The molecule has 7 nitrogen and oxygen atoms in total. The number of fused-ring (bicyclic) bond motifs is 3. The second-order valence-corrected chi connectivity index (χ2v) is 9.45. The number of hydrogen-bond donors (Lipinski definition) is 3. The first-order chi connectivity index (χ1) is 16.8. The van der Waals surface area contributed by atoms with Crippen LogP contribution in [0.3, 0.4) is 0 Å². The number of carboxylic acid groups (broad SMARTS) is 1. The lowest BCUT2D eigenvalue weighted by atomic mass is 9.88. The van der Waals surface area contributed by atoms with E-state index in [0.29, 0.717) is 31.7 Å². The monoisotopic (exact) mass is 480 g/mol. The van der Waals surface area contributed by atoms with E-state index in [4.69, 9.17) is 9.84 Å². The topological polar surface area (TPSA) is 105 Å². The lowest BCUT2D eigenvalue weighted by Crippen LogP contribution is -2.47. The van der Waals surface area contributed by atoms with Gasteiger partial charge in [0, 0.05) is 18.9 Å². The normalized spacial score (nSPS) is 14.1. The Labute approximate surface area is 207 Å². The molecule has 2 aromatic carbocycles. The van der Waals surface area contributed by atoms with E-state index in [9.17, 15) is 14.4 Å². The summed E-state index contributed by atoms with van der Waals surface area (Å²) in [6.45, 7) is 6.57. The summed E-state index contributed by atoms with van der Waals surface area (Å²) in [5, 5.41) is 14.5. The molecule has 7 heteroatoms. The SMILES string of the molecule is CC[C@@H](NC(=O)OCC1c2ccccc2-c2ccccc21)C(=O)NCCC(CCC(=O)O)C(C)C. The molecule has 0 radical (unpaired) electrons. The van der Waals surface area contributed by atoms with Crippen molar-refractivity contribution in [2.45, 2.75) is 58.4 Å². The molecule has 0 aromatic heterocycles. The van der Waals surface area contributed by atoms with Gasteiger partial charge in [-0.25, -0.2) is 4.79 Å². The maximum absolute atomic E-state index is 12.6. The van der Waals surface area contributed by atoms with Gasteiger partial charge in [-0.3, -0.25) is 9.59 Å². The molecule has 0 fully saturated rings. The highest BCUT2D eigenvalue weighted by Gasteiger charge is 2.29. The Balaban J connectivity index is 1.50. The zero-order chi connectivity index (χ0) is 25.4. The molecule has 35 heavy (non-hydrogen) atoms. The van der Waals surface area contributed by atoms with E-state index in [-0.39, 0.29) is 30.8 Å². The van der Waals surface area contributed by atoms with Gasteiger partial charge in [0.2, 0.25) is 5.91 Å². The largest absolute Gasteiger partial charge is 0.481 e. The molecule has 2 amide bonds. The zero-order valence-electron chi connectivity index (χ0n) is 20.8. The van der Waals surface area contributed by atoms with Gasteiger partial charge in [-0.15, -0.1) is 0 Å². The minimum atomic E-state index is -0.807. The number of hydrogen-bond acceptors (Lipinski definition) is 4. The standard InChI is InChI=1S/C28H36N2O5/c1-4-25(27(33)29-16-15-19(18(2)3)13-14-26(31)32)30-28(34)35-17-24-22-11-7-5-9-20(22)21-10-6-8-12-23(21)24/h5-12,18-19,24-25H,4,13-17H2,1-3H3,(H,29,33)(H,30,34)(H,31,32)/t19?,25-/m1/s1. The Hall–Kier alpha value is -3.35. The van der Waals surface area contributed by atoms with Crippen LogP contribution < -0.4 is 10.6 Å². The van der Waals surface area contributed by atoms with Crippen molar-refractivity contribution in [3.63, 3.8) is 0 Å². The van der Waals surface area contributed by atoms with E-state index in [1.165, 1.54) is 0 Å². The highest BCUT2D eigenvalue weighted by Crippen LogP contribution is 2.44. The second kappa shape index (κ2) is 12.4. The molecular weight excluding hydrogens is 444 g/mol. The molecular formula is C28H36N2O5. The van der Waals surface area contributed by atoms with Crippen LogP contribution >= 0.6 is 0 Å². The summed E-state index contributed by atoms with van der Waals surface area (Å²) in [5.74, 6) is -0.575. The third kappa shape index (κ3) is 6.84. The molecule has 0 saturated heterocycles. The molecule has 188 valence electrons. The molecule has 0 saturated carbocycles. The van der Waals surface area contributed by atoms with Crippen LogP contribution in [0.5, 0.6) is 0 Å². The first-order valence-electron chi connectivity index (χ1n) is 12.4. The zero-order valence-corrected chi connectivity index (χ0v) is 20.8. The van der Waals surface area contributed by atoms with Crippen molar-refractivity contribution in [2.75, 3.05) is 13.2 Å². The summed E-state index contributed by atoms with van der Waals surface area (Å²) in [5.41, 5.74) is 4.58. The average Bonchev–Trinajstić information content (AvgIpc) is 3.16. The number of alkyl carbamates (subject to hydrolysis) is 1. The highest BCUT2D eigenvalue weighted by atomic mass is 16.5. The Morgan fingerprint density at radius 1 is 0.971 bits per heavy atom. The molecule has 1 aliphatic carbocycles. The van der Waals surface area contributed by atoms with E-state index in [1.807, 2.05) is 31.2 Å². The molecule has 0 aliphatic heterocycles. The van der Waals surface area contributed by atoms with Crippen LogP contribution in [0, 0.1) is 11.8 Å². The summed E-state index contributed by atoms with van der Waals surface area (Å²) in [6.07, 6.45) is 1.21. The number of ether oxygens (including phenoxy) is 1. The second-order valence-electron chi connectivity index (χ2n) is 9.45. The van der Waals surface area contributed by atoms with Gasteiger partial charge in [0.1, 0.15) is 12.6 Å². The Morgan fingerprint density at radius 3 is 2.11 bits per heavy atom. The van der Waals surface area contributed by atoms with Crippen molar-refractivity contribution in [3.05, 3.63) is 59.7 Å². The van der Waals surface area contributed by atoms with E-state index in [1.54, 1.807) is 0 Å². The number of nitrogens with one attached hydrogen (secondary N) is 2. The summed E-state index contributed by atoms with van der Waals surface area (Å²) < 4.78 is 5.57. The Morgan fingerprint density at radius 2 is 1.57 bits per heavy atom. The molecule has 0 bridgehead atoms. The fourth-order valence-corrected chi connectivity index (χ4v) is 4.76. The maximum Gasteiger partial charge on any atom is 0.407 e. The smallest absolute Gasteiger partial charge is 0.407 e. The minimum absolute atomic E-state index is 0.0409. The first kappa shape index (κ1) is 26.3. The van der Waals surface area contributed by atoms with Crippen LogP contribution in [0.1, 0.15) is 63.5 Å². The van der Waals surface area contributed by atoms with E-state index >= 15 is 0 Å². The van der Waals surface area contributed by atoms with Crippen molar-refractivity contribution < 1.29 is 24.2 Å². The predicted molar refractivity (Wildman–Crippen MR) is 135 cm³/mol. The van der Waals surface area contributed by atoms with Gasteiger partial charge >= 0.3 is 12.1 Å². The quantitative estimate of drug-likeness (QED) is 0.399. The van der Waals surface area contributed by atoms with Gasteiger partial charge in [-0.1, -0.05) is 69.3 Å². The van der Waals surface area contributed by atoms with Crippen LogP contribution in [0.25, 0.3) is 11.1 Å². The predicted octanol–water partition coefficient (Wildman–Crippen LogP) is 4.95. The van der Waals surface area contributed by atoms with Crippen molar-refractivity contribution >= 4 is 18.0 Å². The number of carbonyl (C=O) groups is 3. The number of aliphatic carboxylic acids is 1. The van der Waals surface area contributed by atoms with Crippen molar-refractivity contribution in [1.82, 2.24) is 10.6 Å². The third-order valence-corrected chi connectivity index (χ3v) is 6.85.